The maximum Gasteiger partial charge on any atom is 0.227 e. The van der Waals surface area contributed by atoms with E-state index in [0.29, 0.717) is 19.0 Å². The number of nitrogens with one attached hydrogen (secondary N) is 1. The fourth-order valence-corrected chi connectivity index (χ4v) is 3.70. The lowest BCUT2D eigenvalue weighted by Gasteiger charge is -2.36. The maximum absolute atomic E-state index is 13.2. The van der Waals surface area contributed by atoms with E-state index in [9.17, 15) is 4.79 Å². The van der Waals surface area contributed by atoms with Crippen molar-refractivity contribution in [1.82, 2.24) is 4.90 Å². The van der Waals surface area contributed by atoms with E-state index in [2.05, 4.69) is 74.3 Å². The molecule has 3 heteroatoms. The Morgan fingerprint density at radius 1 is 0.926 bits per heavy atom. The number of hydrogen-bond donors (Lipinski definition) is 1. The second-order valence-corrected chi connectivity index (χ2v) is 7.86. The molecule has 1 amide bonds. The summed E-state index contributed by atoms with van der Waals surface area (Å²) in [5, 5.41) is 0. The number of carbonyl (C=O) groups is 1. The van der Waals surface area contributed by atoms with Crippen LogP contribution in [0.25, 0.3) is 0 Å². The van der Waals surface area contributed by atoms with Gasteiger partial charge in [-0.15, -0.1) is 0 Å². The summed E-state index contributed by atoms with van der Waals surface area (Å²) in [4.78, 5) is 16.9. The molecule has 3 nitrogen and oxygen atoms in total. The fourth-order valence-electron chi connectivity index (χ4n) is 3.70. The number of hydrogen-bond acceptors (Lipinski definition) is 1. The van der Waals surface area contributed by atoms with Gasteiger partial charge in [0.1, 0.15) is 0 Å². The van der Waals surface area contributed by atoms with E-state index in [-0.39, 0.29) is 13.3 Å². The van der Waals surface area contributed by atoms with Crippen LogP contribution in [0.2, 0.25) is 0 Å². The summed E-state index contributed by atoms with van der Waals surface area (Å²) in [5.74, 6) is 0.249. The van der Waals surface area contributed by atoms with E-state index in [1.54, 1.807) is 4.90 Å². The van der Waals surface area contributed by atoms with Crippen LogP contribution in [0.5, 0.6) is 0 Å². The molecule has 1 N–H and O–H groups in total. The van der Waals surface area contributed by atoms with Crippen LogP contribution >= 0.6 is 0 Å². The zero-order valence-corrected chi connectivity index (χ0v) is 16.3. The van der Waals surface area contributed by atoms with Gasteiger partial charge in [0.05, 0.1) is 26.6 Å². The largest absolute Gasteiger partial charge is 0.337 e. The average Bonchev–Trinajstić information content (AvgIpc) is 2.64. The molecule has 0 radical (unpaired) electrons. The number of likely N-dealkylation sites (tertiary alicyclic amines) is 1. The number of piperidine rings is 1. The first-order chi connectivity index (χ1) is 12.5. The Labute approximate surface area is 165 Å². The van der Waals surface area contributed by atoms with Gasteiger partial charge in [0.2, 0.25) is 5.91 Å². The fraction of sp³-hybridized carbons (Fsp3) is 0.458. The lowest BCUT2D eigenvalue weighted by Crippen LogP contribution is -3.10. The molecule has 0 saturated carbocycles. The van der Waals surface area contributed by atoms with Crippen molar-refractivity contribution in [3.63, 3.8) is 0 Å². The molecule has 0 atom stereocenters. The smallest absolute Gasteiger partial charge is 0.227 e. The number of quaternary nitrogens is 1. The number of benzene rings is 2. The van der Waals surface area contributed by atoms with Crippen LogP contribution in [0.15, 0.2) is 48.5 Å². The monoisotopic (exact) mass is 367 g/mol. The van der Waals surface area contributed by atoms with Gasteiger partial charge >= 0.3 is 0 Å². The quantitative estimate of drug-likeness (QED) is 0.862. The van der Waals surface area contributed by atoms with E-state index < -0.39 is 0 Å². The number of aryl methyl sites for hydroxylation is 2. The molecule has 1 heterocycles. The highest BCUT2D eigenvalue weighted by Crippen LogP contribution is 2.17. The molecule has 1 saturated heterocycles. The van der Waals surface area contributed by atoms with Crippen LogP contribution in [0.1, 0.15) is 42.5 Å². The molecule has 1 fully saturated rings. The Hall–Kier alpha value is -2.13. The molecule has 27 heavy (non-hydrogen) atoms. The first-order valence-corrected chi connectivity index (χ1v) is 9.73. The van der Waals surface area contributed by atoms with Gasteiger partial charge in [0.15, 0.2) is 0 Å². The van der Waals surface area contributed by atoms with Crippen LogP contribution in [-0.4, -0.2) is 37.0 Å². The minimum Gasteiger partial charge on any atom is -0.337 e. The van der Waals surface area contributed by atoms with Crippen molar-refractivity contribution >= 4 is 5.91 Å². The summed E-state index contributed by atoms with van der Waals surface area (Å²) in [6.45, 7) is 7.19. The van der Waals surface area contributed by atoms with Crippen molar-refractivity contribution < 1.29 is 9.69 Å². The Balaban J connectivity index is 0.00000261. The van der Waals surface area contributed by atoms with Crippen LogP contribution < -0.4 is 4.90 Å². The van der Waals surface area contributed by atoms with E-state index in [0.717, 1.165) is 31.5 Å². The SMILES string of the molecule is C.Cc1ccc(CC(=O)N(Cc2ccc(C)cc2)C2CC[NH+](C)CC2)cc1. The van der Waals surface area contributed by atoms with Gasteiger partial charge in [0.25, 0.3) is 0 Å². The predicted molar refractivity (Wildman–Crippen MR) is 113 cm³/mol. The second kappa shape index (κ2) is 9.70. The van der Waals surface area contributed by atoms with Gasteiger partial charge in [-0.25, -0.2) is 0 Å². The lowest BCUT2D eigenvalue weighted by atomic mass is 10.0. The third-order valence-electron chi connectivity index (χ3n) is 5.52. The first kappa shape index (κ1) is 21.2. The zero-order chi connectivity index (χ0) is 18.5. The summed E-state index contributed by atoms with van der Waals surface area (Å²) in [5.41, 5.74) is 4.82. The van der Waals surface area contributed by atoms with Crippen molar-refractivity contribution in [2.75, 3.05) is 20.1 Å². The topological polar surface area (TPSA) is 24.8 Å². The predicted octanol–water partition coefficient (Wildman–Crippen LogP) is 3.19. The highest BCUT2D eigenvalue weighted by Gasteiger charge is 2.28. The molecular formula is C24H35N2O+. The Bertz CT molecular complexity index is 713. The lowest BCUT2D eigenvalue weighted by molar-refractivity contribution is -0.885. The Morgan fingerprint density at radius 3 is 1.93 bits per heavy atom. The molecule has 0 spiro atoms. The van der Waals surface area contributed by atoms with Crippen LogP contribution in [0, 0.1) is 13.8 Å². The highest BCUT2D eigenvalue weighted by atomic mass is 16.2. The Morgan fingerprint density at radius 2 is 1.41 bits per heavy atom. The highest BCUT2D eigenvalue weighted by molar-refractivity contribution is 5.79. The van der Waals surface area contributed by atoms with Crippen molar-refractivity contribution in [3.8, 4) is 0 Å². The number of nitrogens with zero attached hydrogens (tertiary/aromatic N) is 1. The van der Waals surface area contributed by atoms with E-state index in [4.69, 9.17) is 0 Å². The van der Waals surface area contributed by atoms with Gasteiger partial charge in [-0.05, 0) is 25.0 Å². The summed E-state index contributed by atoms with van der Waals surface area (Å²) >= 11 is 0. The summed E-state index contributed by atoms with van der Waals surface area (Å²) in [6, 6.07) is 17.3. The number of amides is 1. The standard InChI is InChI=1S/C23H30N2O.CH4/c1-18-4-8-20(9-5-18)16-23(26)25(22-12-14-24(3)15-13-22)17-21-10-6-19(2)7-11-21;/h4-11,22H,12-17H2,1-3H3;1H4/p+1. The summed E-state index contributed by atoms with van der Waals surface area (Å²) < 4.78 is 0. The Kier molecular flexibility index (Phi) is 7.61. The van der Waals surface area contributed by atoms with Gasteiger partial charge in [-0.1, -0.05) is 67.1 Å². The van der Waals surface area contributed by atoms with Gasteiger partial charge in [-0.3, -0.25) is 4.79 Å². The molecular weight excluding hydrogens is 332 g/mol. The van der Waals surface area contributed by atoms with Gasteiger partial charge in [0, 0.05) is 25.4 Å². The van der Waals surface area contributed by atoms with Crippen LogP contribution in [0.4, 0.5) is 0 Å². The van der Waals surface area contributed by atoms with Gasteiger partial charge < -0.3 is 9.80 Å². The van der Waals surface area contributed by atoms with Crippen molar-refractivity contribution in [2.24, 2.45) is 0 Å². The summed E-state index contributed by atoms with van der Waals surface area (Å²) in [6.07, 6.45) is 2.68. The average molecular weight is 368 g/mol. The third-order valence-corrected chi connectivity index (χ3v) is 5.52. The van der Waals surface area contributed by atoms with Crippen LogP contribution in [-0.2, 0) is 17.8 Å². The molecule has 3 rings (SSSR count). The number of rotatable bonds is 5. The maximum atomic E-state index is 13.2. The van der Waals surface area contributed by atoms with Crippen molar-refractivity contribution in [2.45, 2.75) is 53.1 Å². The molecule has 0 bridgehead atoms. The second-order valence-electron chi connectivity index (χ2n) is 7.86. The van der Waals surface area contributed by atoms with E-state index in [1.807, 2.05) is 0 Å². The van der Waals surface area contributed by atoms with Crippen LogP contribution in [0.3, 0.4) is 0 Å². The third kappa shape index (κ3) is 5.93. The molecule has 2 aromatic rings. The van der Waals surface area contributed by atoms with E-state index in [1.165, 1.54) is 16.7 Å². The molecule has 1 aliphatic heterocycles. The minimum absolute atomic E-state index is 0. The normalized spacial score (nSPS) is 19.2. The minimum atomic E-state index is 0. The van der Waals surface area contributed by atoms with E-state index >= 15 is 0 Å². The molecule has 2 aromatic carbocycles. The first-order valence-electron chi connectivity index (χ1n) is 9.73. The number of carbonyl (C=O) groups excluding carboxylic acids is 1. The molecule has 0 aliphatic carbocycles. The zero-order valence-electron chi connectivity index (χ0n) is 16.3. The molecule has 0 aromatic heterocycles. The molecule has 0 unspecified atom stereocenters. The van der Waals surface area contributed by atoms with Crippen molar-refractivity contribution in [3.05, 3.63) is 70.8 Å². The molecule has 146 valence electrons. The van der Waals surface area contributed by atoms with Gasteiger partial charge in [-0.2, -0.15) is 0 Å². The summed E-state index contributed by atoms with van der Waals surface area (Å²) in [7, 11) is 2.24. The van der Waals surface area contributed by atoms with Crippen molar-refractivity contribution in [1.29, 1.82) is 0 Å². The molecule has 1 aliphatic rings.